The molecule has 4 rings (SSSR count). The van der Waals surface area contributed by atoms with Gasteiger partial charge in [-0.25, -0.2) is 5.43 Å². The highest BCUT2D eigenvalue weighted by Crippen LogP contribution is 2.27. The first-order valence-electron chi connectivity index (χ1n) is 9.17. The van der Waals surface area contributed by atoms with Gasteiger partial charge in [-0.15, -0.1) is 11.8 Å². The number of hydrazone groups is 1. The number of carbonyl (C=O) groups is 1. The van der Waals surface area contributed by atoms with Crippen molar-refractivity contribution >= 4 is 45.4 Å². The van der Waals surface area contributed by atoms with E-state index in [2.05, 4.69) is 40.9 Å². The molecule has 0 radical (unpaired) electrons. The van der Waals surface area contributed by atoms with Gasteiger partial charge in [0.25, 0.3) is 5.91 Å². The predicted octanol–water partition coefficient (Wildman–Crippen LogP) is 5.62. The number of rotatable bonds is 5. The van der Waals surface area contributed by atoms with Crippen LogP contribution in [0.4, 0.5) is 0 Å². The van der Waals surface area contributed by atoms with Gasteiger partial charge in [0.05, 0.1) is 11.5 Å². The van der Waals surface area contributed by atoms with Gasteiger partial charge in [-0.1, -0.05) is 66.7 Å². The number of nitrogens with zero attached hydrogens (tertiary/aromatic N) is 1. The molecule has 0 aliphatic carbocycles. The molecule has 4 aromatic rings. The summed E-state index contributed by atoms with van der Waals surface area (Å²) in [5.41, 5.74) is 3.70. The monoisotopic (exact) mass is 384 g/mol. The lowest BCUT2D eigenvalue weighted by Gasteiger charge is -2.10. The van der Waals surface area contributed by atoms with Crippen LogP contribution in [0.1, 0.15) is 12.5 Å². The average Bonchev–Trinajstić information content (AvgIpc) is 2.73. The van der Waals surface area contributed by atoms with E-state index in [-0.39, 0.29) is 11.2 Å². The molecule has 1 atom stereocenters. The Morgan fingerprint density at radius 1 is 0.893 bits per heavy atom. The smallest absolute Gasteiger partial charge is 0.253 e. The highest BCUT2D eigenvalue weighted by Gasteiger charge is 2.13. The molecule has 0 aliphatic heterocycles. The van der Waals surface area contributed by atoms with Crippen LogP contribution in [-0.4, -0.2) is 17.4 Å². The minimum atomic E-state index is -0.233. The first-order valence-corrected chi connectivity index (χ1v) is 10.1. The summed E-state index contributed by atoms with van der Waals surface area (Å²) in [6.07, 6.45) is 1.75. The Morgan fingerprint density at radius 2 is 1.46 bits per heavy atom. The summed E-state index contributed by atoms with van der Waals surface area (Å²) in [5, 5.41) is 8.58. The van der Waals surface area contributed by atoms with E-state index in [0.29, 0.717) is 0 Å². The lowest BCUT2D eigenvalue weighted by molar-refractivity contribution is -0.120. The van der Waals surface area contributed by atoms with Crippen molar-refractivity contribution in [3.05, 3.63) is 90.5 Å². The van der Waals surface area contributed by atoms with Gasteiger partial charge in [-0.3, -0.25) is 4.79 Å². The summed E-state index contributed by atoms with van der Waals surface area (Å²) in [6, 6.07) is 28.5. The molecule has 0 aliphatic rings. The van der Waals surface area contributed by atoms with E-state index in [0.717, 1.165) is 32.0 Å². The van der Waals surface area contributed by atoms with Gasteiger partial charge in [0.2, 0.25) is 0 Å². The van der Waals surface area contributed by atoms with E-state index in [4.69, 9.17) is 0 Å². The molecule has 4 aromatic carbocycles. The molecule has 0 fully saturated rings. The minimum Gasteiger partial charge on any atom is -0.272 e. The number of nitrogens with one attached hydrogen (secondary N) is 1. The standard InChI is InChI=1S/C24H20N2OS/c1-17(28-20-11-3-2-4-12-20)24(27)26-25-16-23-21-13-7-5-9-18(21)15-19-10-6-8-14-22(19)23/h2-17H,1H3,(H,26,27)/b25-16-/t17-/m1/s1. The molecule has 3 nitrogen and oxygen atoms in total. The third-order valence-corrected chi connectivity index (χ3v) is 5.72. The van der Waals surface area contributed by atoms with Crippen LogP contribution in [0, 0.1) is 0 Å². The molecule has 0 bridgehead atoms. The van der Waals surface area contributed by atoms with Crippen LogP contribution in [-0.2, 0) is 4.79 Å². The summed E-state index contributed by atoms with van der Waals surface area (Å²) in [6.45, 7) is 1.88. The molecular weight excluding hydrogens is 364 g/mol. The van der Waals surface area contributed by atoms with Crippen molar-refractivity contribution in [3.8, 4) is 0 Å². The lowest BCUT2D eigenvalue weighted by atomic mass is 9.97. The normalized spacial score (nSPS) is 12.5. The van der Waals surface area contributed by atoms with Gasteiger partial charge in [0.15, 0.2) is 0 Å². The third-order valence-electron chi connectivity index (χ3n) is 4.61. The van der Waals surface area contributed by atoms with Gasteiger partial charge in [-0.05, 0) is 46.7 Å². The van der Waals surface area contributed by atoms with Crippen molar-refractivity contribution in [2.24, 2.45) is 5.10 Å². The van der Waals surface area contributed by atoms with Crippen molar-refractivity contribution in [2.75, 3.05) is 0 Å². The Kier molecular flexibility index (Phi) is 5.40. The van der Waals surface area contributed by atoms with E-state index >= 15 is 0 Å². The van der Waals surface area contributed by atoms with Crippen molar-refractivity contribution in [3.63, 3.8) is 0 Å². The summed E-state index contributed by atoms with van der Waals surface area (Å²) in [5.74, 6) is -0.116. The Hall–Kier alpha value is -3.11. The van der Waals surface area contributed by atoms with Crippen molar-refractivity contribution < 1.29 is 4.79 Å². The van der Waals surface area contributed by atoms with Crippen LogP contribution in [0.25, 0.3) is 21.5 Å². The van der Waals surface area contributed by atoms with Crippen LogP contribution >= 0.6 is 11.8 Å². The number of benzene rings is 4. The summed E-state index contributed by atoms with van der Waals surface area (Å²) in [4.78, 5) is 13.5. The maximum atomic E-state index is 12.4. The third kappa shape index (κ3) is 3.92. The molecule has 0 aromatic heterocycles. The Morgan fingerprint density at radius 3 is 2.11 bits per heavy atom. The Bertz CT molecular complexity index is 1100. The van der Waals surface area contributed by atoms with Gasteiger partial charge in [0, 0.05) is 10.5 Å². The van der Waals surface area contributed by atoms with Crippen LogP contribution in [0.5, 0.6) is 0 Å². The van der Waals surface area contributed by atoms with Crippen molar-refractivity contribution in [1.29, 1.82) is 0 Å². The first-order chi connectivity index (χ1) is 13.7. The molecule has 0 heterocycles. The zero-order valence-corrected chi connectivity index (χ0v) is 16.3. The van der Waals surface area contributed by atoms with E-state index < -0.39 is 0 Å². The van der Waals surface area contributed by atoms with Gasteiger partial charge in [-0.2, -0.15) is 5.10 Å². The number of amides is 1. The molecule has 0 spiro atoms. The lowest BCUT2D eigenvalue weighted by Crippen LogP contribution is -2.26. The first kappa shape index (κ1) is 18.3. The van der Waals surface area contributed by atoms with E-state index in [9.17, 15) is 4.79 Å². The largest absolute Gasteiger partial charge is 0.272 e. The number of hydrogen-bond acceptors (Lipinski definition) is 3. The van der Waals surface area contributed by atoms with Crippen LogP contribution in [0.15, 0.2) is 94.9 Å². The zero-order chi connectivity index (χ0) is 19.3. The predicted molar refractivity (Wildman–Crippen MR) is 119 cm³/mol. The average molecular weight is 385 g/mol. The van der Waals surface area contributed by atoms with E-state index in [1.807, 2.05) is 61.5 Å². The highest BCUT2D eigenvalue weighted by molar-refractivity contribution is 8.00. The maximum Gasteiger partial charge on any atom is 0.253 e. The second-order valence-corrected chi connectivity index (χ2v) is 7.95. The van der Waals surface area contributed by atoms with Crippen LogP contribution in [0.2, 0.25) is 0 Å². The molecule has 1 amide bonds. The van der Waals surface area contributed by atoms with Gasteiger partial charge in [0.1, 0.15) is 0 Å². The maximum absolute atomic E-state index is 12.4. The molecule has 138 valence electrons. The van der Waals surface area contributed by atoms with E-state index in [1.54, 1.807) is 6.21 Å². The second kappa shape index (κ2) is 8.28. The number of fused-ring (bicyclic) bond motifs is 2. The Labute approximate surface area is 168 Å². The molecular formula is C24H20N2OS. The van der Waals surface area contributed by atoms with Gasteiger partial charge < -0.3 is 0 Å². The van der Waals surface area contributed by atoms with Crippen LogP contribution in [0.3, 0.4) is 0 Å². The fourth-order valence-corrected chi connectivity index (χ4v) is 4.08. The van der Waals surface area contributed by atoms with E-state index in [1.165, 1.54) is 11.8 Å². The fraction of sp³-hybridized carbons (Fsp3) is 0.0833. The second-order valence-electron chi connectivity index (χ2n) is 6.54. The SMILES string of the molecule is C[C@@H](Sc1ccccc1)C(=O)N/N=C\c1c2ccccc2cc2ccccc12. The summed E-state index contributed by atoms with van der Waals surface area (Å²) in [7, 11) is 0. The quantitative estimate of drug-likeness (QED) is 0.210. The number of hydrogen-bond donors (Lipinski definition) is 1. The topological polar surface area (TPSA) is 41.5 Å². The minimum absolute atomic E-state index is 0.116. The molecule has 0 unspecified atom stereocenters. The molecule has 0 saturated carbocycles. The molecule has 1 N–H and O–H groups in total. The van der Waals surface area contributed by atoms with Gasteiger partial charge >= 0.3 is 0 Å². The fourth-order valence-electron chi connectivity index (χ4n) is 3.20. The Balaban J connectivity index is 1.57. The van der Waals surface area contributed by atoms with Crippen LogP contribution < -0.4 is 5.43 Å². The molecule has 0 saturated heterocycles. The highest BCUT2D eigenvalue weighted by atomic mass is 32.2. The number of carbonyl (C=O) groups excluding carboxylic acids is 1. The van der Waals surface area contributed by atoms with Crippen molar-refractivity contribution in [1.82, 2.24) is 5.43 Å². The zero-order valence-electron chi connectivity index (χ0n) is 15.5. The van der Waals surface area contributed by atoms with Crippen molar-refractivity contribution in [2.45, 2.75) is 17.1 Å². The molecule has 28 heavy (non-hydrogen) atoms. The summed E-state index contributed by atoms with van der Waals surface area (Å²) >= 11 is 1.52. The number of thioether (sulfide) groups is 1. The summed E-state index contributed by atoms with van der Waals surface area (Å²) < 4.78 is 0. The molecule has 4 heteroatoms.